The van der Waals surface area contributed by atoms with Gasteiger partial charge in [0.1, 0.15) is 5.75 Å². The maximum atomic E-state index is 12.1. The second-order valence-corrected chi connectivity index (χ2v) is 6.10. The van der Waals surface area contributed by atoms with E-state index in [-0.39, 0.29) is 5.75 Å². The number of nitrogens with two attached hydrogens (primary N) is 1. The van der Waals surface area contributed by atoms with E-state index in [0.717, 1.165) is 31.4 Å². The van der Waals surface area contributed by atoms with Crippen LogP contribution in [-0.2, 0) is 11.3 Å². The van der Waals surface area contributed by atoms with Crippen LogP contribution in [0.1, 0.15) is 24.8 Å². The molecule has 2 fully saturated rings. The summed E-state index contributed by atoms with van der Waals surface area (Å²) in [6.45, 7) is 1.13. The first-order chi connectivity index (χ1) is 11.4. The highest BCUT2D eigenvalue weighted by atomic mass is 19.4. The first-order valence-corrected chi connectivity index (χ1v) is 7.93. The number of rotatable bonds is 4. The van der Waals surface area contributed by atoms with Crippen molar-refractivity contribution in [3.8, 4) is 5.75 Å². The van der Waals surface area contributed by atoms with Crippen molar-refractivity contribution in [2.45, 2.75) is 44.3 Å². The Balaban J connectivity index is 1.48. The van der Waals surface area contributed by atoms with Crippen LogP contribution in [-0.4, -0.2) is 31.1 Å². The number of halogens is 3. The summed E-state index contributed by atoms with van der Waals surface area (Å²) in [5.41, 5.74) is 6.64. The van der Waals surface area contributed by atoms with Gasteiger partial charge >= 0.3 is 6.36 Å². The molecule has 0 spiro atoms. The smallest absolute Gasteiger partial charge is 0.406 e. The van der Waals surface area contributed by atoms with Crippen LogP contribution in [0.4, 0.5) is 13.2 Å². The fourth-order valence-corrected chi connectivity index (χ4v) is 3.17. The molecule has 0 bridgehead atoms. The van der Waals surface area contributed by atoms with Gasteiger partial charge in [-0.05, 0) is 37.0 Å². The number of hydrogen-bond donors (Lipinski definition) is 2. The Morgan fingerprint density at radius 3 is 2.75 bits per heavy atom. The molecular formula is C16H20F3N3O2. The average Bonchev–Trinajstić information content (AvgIpc) is 2.50. The minimum atomic E-state index is -4.68. The lowest BCUT2D eigenvalue weighted by Crippen LogP contribution is -2.59. The highest BCUT2D eigenvalue weighted by Gasteiger charge is 2.43. The zero-order chi connectivity index (χ0) is 17.2. The van der Waals surface area contributed by atoms with E-state index in [1.807, 2.05) is 0 Å². The fourth-order valence-electron chi connectivity index (χ4n) is 3.17. The summed E-state index contributed by atoms with van der Waals surface area (Å²) in [7, 11) is 0. The topological polar surface area (TPSA) is 68.9 Å². The Labute approximate surface area is 138 Å². The number of nitrogens with zero attached hydrogens (tertiary/aromatic N) is 1. The molecule has 3 rings (SSSR count). The predicted octanol–water partition coefficient (Wildman–Crippen LogP) is 2.56. The summed E-state index contributed by atoms with van der Waals surface area (Å²) in [5, 5.41) is 3.20. The molecule has 8 heteroatoms. The molecular weight excluding hydrogens is 323 g/mol. The zero-order valence-electron chi connectivity index (χ0n) is 13.1. The number of alkyl halides is 3. The van der Waals surface area contributed by atoms with Crippen molar-refractivity contribution in [1.82, 2.24) is 5.32 Å². The van der Waals surface area contributed by atoms with Crippen LogP contribution in [0.5, 0.6) is 5.75 Å². The third-order valence-electron chi connectivity index (χ3n) is 4.42. The van der Waals surface area contributed by atoms with Gasteiger partial charge in [-0.15, -0.1) is 13.2 Å². The van der Waals surface area contributed by atoms with E-state index in [1.54, 1.807) is 0 Å². The largest absolute Gasteiger partial charge is 0.573 e. The Kier molecular flexibility index (Phi) is 4.84. The molecule has 3 unspecified atom stereocenters. The van der Waals surface area contributed by atoms with E-state index in [0.29, 0.717) is 30.6 Å². The lowest BCUT2D eigenvalue weighted by atomic mass is 9.72. The molecule has 3 N–H and O–H groups in total. The van der Waals surface area contributed by atoms with Gasteiger partial charge in [-0.25, -0.2) is 4.99 Å². The highest BCUT2D eigenvalue weighted by Crippen LogP contribution is 2.37. The van der Waals surface area contributed by atoms with Crippen molar-refractivity contribution >= 4 is 5.96 Å². The first kappa shape index (κ1) is 16.9. The van der Waals surface area contributed by atoms with Gasteiger partial charge in [0.25, 0.3) is 0 Å². The van der Waals surface area contributed by atoms with Crippen molar-refractivity contribution in [1.29, 1.82) is 0 Å². The van der Waals surface area contributed by atoms with Gasteiger partial charge in [0.2, 0.25) is 0 Å². The van der Waals surface area contributed by atoms with Crippen LogP contribution >= 0.6 is 0 Å². The minimum absolute atomic E-state index is 0.251. The molecule has 5 nitrogen and oxygen atoms in total. The molecule has 0 amide bonds. The monoisotopic (exact) mass is 343 g/mol. The molecule has 1 aromatic rings. The van der Waals surface area contributed by atoms with Crippen molar-refractivity contribution in [2.24, 2.45) is 16.6 Å². The van der Waals surface area contributed by atoms with Crippen molar-refractivity contribution < 1.29 is 22.6 Å². The van der Waals surface area contributed by atoms with Crippen LogP contribution in [0.15, 0.2) is 29.3 Å². The summed E-state index contributed by atoms with van der Waals surface area (Å²) >= 11 is 0. The van der Waals surface area contributed by atoms with Gasteiger partial charge in [0, 0.05) is 18.6 Å². The Bertz CT molecular complexity index is 589. The van der Waals surface area contributed by atoms with Crippen LogP contribution < -0.4 is 15.8 Å². The van der Waals surface area contributed by atoms with Gasteiger partial charge < -0.3 is 20.5 Å². The number of aliphatic imine (C=N–C) groups is 1. The molecule has 0 radical (unpaired) electrons. The number of guanidine groups is 1. The van der Waals surface area contributed by atoms with E-state index in [9.17, 15) is 13.2 Å². The van der Waals surface area contributed by atoms with E-state index < -0.39 is 6.36 Å². The number of fused-ring (bicyclic) bond motifs is 1. The number of ether oxygens (including phenoxy) is 2. The Hall–Kier alpha value is -1.96. The fraction of sp³-hybridized carbons (Fsp3) is 0.562. The summed E-state index contributed by atoms with van der Waals surface area (Å²) < 4.78 is 45.8. The highest BCUT2D eigenvalue weighted by molar-refractivity contribution is 5.78. The van der Waals surface area contributed by atoms with E-state index in [2.05, 4.69) is 15.0 Å². The van der Waals surface area contributed by atoms with Crippen LogP contribution in [0, 0.1) is 5.92 Å². The quantitative estimate of drug-likeness (QED) is 0.651. The van der Waals surface area contributed by atoms with Crippen molar-refractivity contribution in [3.63, 3.8) is 0 Å². The van der Waals surface area contributed by atoms with Crippen LogP contribution in [0.3, 0.4) is 0 Å². The normalized spacial score (nSPS) is 27.1. The molecule has 1 saturated carbocycles. The van der Waals surface area contributed by atoms with Gasteiger partial charge in [-0.3, -0.25) is 0 Å². The van der Waals surface area contributed by atoms with Gasteiger partial charge in [-0.1, -0.05) is 12.1 Å². The zero-order valence-corrected chi connectivity index (χ0v) is 13.1. The lowest BCUT2D eigenvalue weighted by Gasteiger charge is -2.47. The summed E-state index contributed by atoms with van der Waals surface area (Å²) in [6.07, 6.45) is -1.20. The van der Waals surface area contributed by atoms with Gasteiger partial charge in [0.05, 0.1) is 12.6 Å². The third-order valence-corrected chi connectivity index (χ3v) is 4.42. The second kappa shape index (κ2) is 6.88. The molecule has 0 aromatic heterocycles. The van der Waals surface area contributed by atoms with Crippen molar-refractivity contribution in [2.75, 3.05) is 6.61 Å². The molecule has 3 atom stereocenters. The van der Waals surface area contributed by atoms with Crippen LogP contribution in [0.25, 0.3) is 0 Å². The summed E-state index contributed by atoms with van der Waals surface area (Å²) in [4.78, 5) is 4.24. The molecule has 1 aliphatic carbocycles. The molecule has 1 heterocycles. The first-order valence-electron chi connectivity index (χ1n) is 7.93. The third kappa shape index (κ3) is 4.31. The molecule has 132 valence electrons. The average molecular weight is 343 g/mol. The number of hydrogen-bond acceptors (Lipinski definition) is 3. The van der Waals surface area contributed by atoms with Gasteiger partial charge in [-0.2, -0.15) is 0 Å². The number of nitrogens with one attached hydrogen (secondary N) is 1. The maximum Gasteiger partial charge on any atom is 0.573 e. The minimum Gasteiger partial charge on any atom is -0.406 e. The second-order valence-electron chi connectivity index (χ2n) is 6.10. The van der Waals surface area contributed by atoms with Gasteiger partial charge in [0.15, 0.2) is 5.96 Å². The predicted molar refractivity (Wildman–Crippen MR) is 82.5 cm³/mol. The SMILES string of the molecule is NC(=NCc1ccc(OC(F)(F)F)cc1)NC1CC2OCCCC12. The molecule has 1 aromatic carbocycles. The van der Waals surface area contributed by atoms with E-state index in [1.165, 1.54) is 24.3 Å². The standard InChI is InChI=1S/C16H20F3N3O2/c17-16(18,19)24-11-5-3-10(4-6-11)9-21-15(20)22-13-8-14-12(13)2-1-7-23-14/h3-6,12-14H,1-2,7-9H2,(H3,20,21,22). The molecule has 1 saturated heterocycles. The van der Waals surface area contributed by atoms with Crippen LogP contribution in [0.2, 0.25) is 0 Å². The Morgan fingerprint density at radius 1 is 1.33 bits per heavy atom. The molecule has 1 aliphatic heterocycles. The number of benzene rings is 1. The lowest BCUT2D eigenvalue weighted by molar-refractivity contribution is -0.274. The van der Waals surface area contributed by atoms with E-state index >= 15 is 0 Å². The summed E-state index contributed by atoms with van der Waals surface area (Å²) in [5.74, 6) is 0.588. The van der Waals surface area contributed by atoms with E-state index in [4.69, 9.17) is 10.5 Å². The Morgan fingerprint density at radius 2 is 2.08 bits per heavy atom. The molecule has 24 heavy (non-hydrogen) atoms. The summed E-state index contributed by atoms with van der Waals surface area (Å²) in [6, 6.07) is 5.88. The molecule has 2 aliphatic rings. The maximum absolute atomic E-state index is 12.1. The van der Waals surface area contributed by atoms with Crippen molar-refractivity contribution in [3.05, 3.63) is 29.8 Å².